The second-order valence-corrected chi connectivity index (χ2v) is 9.98. The van der Waals surface area contributed by atoms with Gasteiger partial charge in [0.15, 0.2) is 5.65 Å². The summed E-state index contributed by atoms with van der Waals surface area (Å²) < 4.78 is 4.65. The van der Waals surface area contributed by atoms with E-state index < -0.39 is 0 Å². The average Bonchev–Trinajstić information content (AvgIpc) is 3.56. The third-order valence-corrected chi connectivity index (χ3v) is 7.98. The van der Waals surface area contributed by atoms with E-state index >= 15 is 0 Å². The SMILES string of the molecule is C1=CC2CC2c2c1n(-c1ncc3nccnc3n1)c1ccc3c4ccccc4n(-c4ccccc4)c3c21. The molecule has 2 aliphatic carbocycles. The molecular formula is C31H20N6. The van der Waals surface area contributed by atoms with Gasteiger partial charge < -0.3 is 4.57 Å². The number of allylic oxidation sites excluding steroid dienone is 1. The Kier molecular flexibility index (Phi) is 3.60. The summed E-state index contributed by atoms with van der Waals surface area (Å²) in [5.74, 6) is 1.77. The fraction of sp³-hybridized carbons (Fsp3) is 0.0968. The monoisotopic (exact) mass is 476 g/mol. The number of hydrogen-bond donors (Lipinski definition) is 0. The molecule has 2 aliphatic rings. The topological polar surface area (TPSA) is 61.4 Å². The predicted molar refractivity (Wildman–Crippen MR) is 146 cm³/mol. The highest BCUT2D eigenvalue weighted by atomic mass is 15.2. The van der Waals surface area contributed by atoms with E-state index in [1.165, 1.54) is 50.6 Å². The van der Waals surface area contributed by atoms with Crippen molar-refractivity contribution in [3.05, 3.63) is 103 Å². The minimum atomic E-state index is 0.525. The maximum atomic E-state index is 4.86. The molecule has 37 heavy (non-hydrogen) atoms. The first kappa shape index (κ1) is 19.4. The van der Waals surface area contributed by atoms with Gasteiger partial charge in [0.25, 0.3) is 0 Å². The molecule has 0 radical (unpaired) electrons. The zero-order valence-electron chi connectivity index (χ0n) is 19.8. The van der Waals surface area contributed by atoms with Crippen molar-refractivity contribution in [3.63, 3.8) is 0 Å². The Morgan fingerprint density at radius 1 is 0.757 bits per heavy atom. The van der Waals surface area contributed by atoms with Gasteiger partial charge in [0.1, 0.15) is 5.52 Å². The van der Waals surface area contributed by atoms with E-state index in [9.17, 15) is 0 Å². The van der Waals surface area contributed by atoms with Gasteiger partial charge in [-0.2, -0.15) is 4.98 Å². The number of rotatable bonds is 2. The van der Waals surface area contributed by atoms with Crippen molar-refractivity contribution in [2.45, 2.75) is 12.3 Å². The van der Waals surface area contributed by atoms with Crippen molar-refractivity contribution in [2.75, 3.05) is 0 Å². The number of hydrogen-bond acceptors (Lipinski definition) is 4. The summed E-state index contributed by atoms with van der Waals surface area (Å²) >= 11 is 0. The summed E-state index contributed by atoms with van der Waals surface area (Å²) in [6.45, 7) is 0. The smallest absolute Gasteiger partial charge is 0.236 e. The van der Waals surface area contributed by atoms with Gasteiger partial charge in [0.2, 0.25) is 5.95 Å². The lowest BCUT2D eigenvalue weighted by Gasteiger charge is -2.10. The molecule has 0 bridgehead atoms. The first-order valence-corrected chi connectivity index (χ1v) is 12.6. The maximum Gasteiger partial charge on any atom is 0.236 e. The Bertz CT molecular complexity index is 2080. The number of fused-ring (bicyclic) bond motifs is 10. The van der Waals surface area contributed by atoms with Crippen LogP contribution in [0.4, 0.5) is 0 Å². The largest absolute Gasteiger partial charge is 0.309 e. The normalized spacial score (nSPS) is 18.1. The summed E-state index contributed by atoms with van der Waals surface area (Å²) in [6.07, 6.45) is 10.9. The summed E-state index contributed by atoms with van der Waals surface area (Å²) in [7, 11) is 0. The fourth-order valence-corrected chi connectivity index (χ4v) is 6.32. The van der Waals surface area contributed by atoms with Crippen LogP contribution in [0.2, 0.25) is 0 Å². The van der Waals surface area contributed by atoms with Crippen LogP contribution in [0.1, 0.15) is 23.6 Å². The van der Waals surface area contributed by atoms with Crippen molar-refractivity contribution in [1.29, 1.82) is 0 Å². The molecule has 0 N–H and O–H groups in total. The van der Waals surface area contributed by atoms with Crippen LogP contribution in [0.15, 0.2) is 91.4 Å². The van der Waals surface area contributed by atoms with Crippen LogP contribution in [0.3, 0.4) is 0 Å². The molecule has 0 spiro atoms. The maximum absolute atomic E-state index is 4.86. The molecule has 174 valence electrons. The van der Waals surface area contributed by atoms with Gasteiger partial charge in [-0.05, 0) is 54.2 Å². The Hall–Kier alpha value is -4.84. The van der Waals surface area contributed by atoms with Crippen LogP contribution in [-0.4, -0.2) is 29.1 Å². The number of aromatic nitrogens is 6. The van der Waals surface area contributed by atoms with Gasteiger partial charge in [-0.3, -0.25) is 4.57 Å². The van der Waals surface area contributed by atoms with Crippen LogP contribution in [0.5, 0.6) is 0 Å². The van der Waals surface area contributed by atoms with Gasteiger partial charge in [-0.25, -0.2) is 15.0 Å². The van der Waals surface area contributed by atoms with Crippen molar-refractivity contribution in [3.8, 4) is 11.6 Å². The summed E-state index contributed by atoms with van der Waals surface area (Å²) in [6, 6.07) is 23.9. The first-order chi connectivity index (χ1) is 18.4. The van der Waals surface area contributed by atoms with Crippen LogP contribution in [-0.2, 0) is 0 Å². The third kappa shape index (κ3) is 2.54. The Morgan fingerprint density at radius 3 is 2.57 bits per heavy atom. The van der Waals surface area contributed by atoms with Crippen LogP contribution >= 0.6 is 0 Å². The second-order valence-electron chi connectivity index (χ2n) is 9.98. The minimum Gasteiger partial charge on any atom is -0.309 e. The van der Waals surface area contributed by atoms with Crippen molar-refractivity contribution < 1.29 is 0 Å². The van der Waals surface area contributed by atoms with Crippen molar-refractivity contribution in [2.24, 2.45) is 5.92 Å². The zero-order valence-corrected chi connectivity index (χ0v) is 19.8. The molecule has 9 rings (SSSR count). The second kappa shape index (κ2) is 6.89. The van der Waals surface area contributed by atoms with Crippen molar-refractivity contribution >= 4 is 49.9 Å². The molecule has 7 aromatic rings. The van der Waals surface area contributed by atoms with E-state index in [0.29, 0.717) is 28.9 Å². The molecule has 0 amide bonds. The molecule has 3 aromatic carbocycles. The number of nitrogens with zero attached hydrogens (tertiary/aromatic N) is 6. The van der Waals surface area contributed by atoms with E-state index in [-0.39, 0.29) is 0 Å². The van der Waals surface area contributed by atoms with E-state index in [1.54, 1.807) is 18.6 Å². The van der Waals surface area contributed by atoms with E-state index in [1.807, 2.05) is 0 Å². The van der Waals surface area contributed by atoms with Crippen LogP contribution in [0.25, 0.3) is 61.6 Å². The number of para-hydroxylation sites is 2. The van der Waals surface area contributed by atoms with Gasteiger partial charge in [-0.1, -0.05) is 48.5 Å². The molecule has 4 heterocycles. The van der Waals surface area contributed by atoms with Crippen LogP contribution in [0, 0.1) is 5.92 Å². The standard InChI is InChI=1S/C31H20N6/c1-2-6-19(7-3-1)36-24-9-5-4-8-20(24)21-11-13-26-28(29(21)36)27-22-16-18(22)10-12-25(27)37(26)31-34-17-23-30(35-31)33-15-14-32-23/h1-15,17-18,22H,16H2. The van der Waals surface area contributed by atoms with Crippen LogP contribution < -0.4 is 0 Å². The van der Waals surface area contributed by atoms with Gasteiger partial charge in [0.05, 0.1) is 28.4 Å². The van der Waals surface area contributed by atoms with Gasteiger partial charge >= 0.3 is 0 Å². The predicted octanol–water partition coefficient (Wildman–Crippen LogP) is 6.59. The molecule has 6 nitrogen and oxygen atoms in total. The Morgan fingerprint density at radius 2 is 1.62 bits per heavy atom. The molecular weight excluding hydrogens is 456 g/mol. The highest BCUT2D eigenvalue weighted by Gasteiger charge is 2.43. The Labute approximate surface area is 211 Å². The molecule has 4 aromatic heterocycles. The molecule has 0 saturated heterocycles. The average molecular weight is 477 g/mol. The molecule has 1 saturated carbocycles. The summed E-state index contributed by atoms with van der Waals surface area (Å²) in [5.41, 5.74) is 8.64. The molecule has 2 atom stereocenters. The lowest BCUT2D eigenvalue weighted by Crippen LogP contribution is -2.05. The van der Waals surface area contributed by atoms with Crippen molar-refractivity contribution in [1.82, 2.24) is 29.1 Å². The van der Waals surface area contributed by atoms with E-state index in [0.717, 1.165) is 5.52 Å². The summed E-state index contributed by atoms with van der Waals surface area (Å²) in [5, 5.41) is 3.83. The van der Waals surface area contributed by atoms with E-state index in [4.69, 9.17) is 9.97 Å². The highest BCUT2D eigenvalue weighted by molar-refractivity contribution is 6.20. The zero-order chi connectivity index (χ0) is 24.1. The van der Waals surface area contributed by atoms with Gasteiger partial charge in [-0.15, -0.1) is 0 Å². The molecule has 1 fully saturated rings. The third-order valence-electron chi connectivity index (χ3n) is 7.98. The summed E-state index contributed by atoms with van der Waals surface area (Å²) in [4.78, 5) is 18.4. The highest BCUT2D eigenvalue weighted by Crippen LogP contribution is 2.57. The van der Waals surface area contributed by atoms with Gasteiger partial charge in [0, 0.05) is 34.2 Å². The molecule has 6 heteroatoms. The lowest BCUT2D eigenvalue weighted by molar-refractivity contribution is 0.926. The fourth-order valence-electron chi connectivity index (χ4n) is 6.32. The van der Waals surface area contributed by atoms with E-state index in [2.05, 4.69) is 98.0 Å². The molecule has 0 aliphatic heterocycles. The lowest BCUT2D eigenvalue weighted by atomic mass is 9.99. The number of benzene rings is 3. The molecule has 2 unspecified atom stereocenters. The Balaban J connectivity index is 1.48. The quantitative estimate of drug-likeness (QED) is 0.282. The minimum absolute atomic E-state index is 0.525. The first-order valence-electron chi connectivity index (χ1n) is 12.6.